The van der Waals surface area contributed by atoms with Crippen LogP contribution in [0.25, 0.3) is 11.0 Å². The number of hydroxylamine groups is 1. The van der Waals surface area contributed by atoms with Gasteiger partial charge < -0.3 is 24.6 Å². The fraction of sp³-hybridized carbons (Fsp3) is 0.304. The number of nitrogens with zero attached hydrogens (tertiary/aromatic N) is 3. The van der Waals surface area contributed by atoms with E-state index < -0.39 is 42.7 Å². The highest BCUT2D eigenvalue weighted by Gasteiger charge is 2.42. The number of aliphatic hydroxyl groups is 1. The van der Waals surface area contributed by atoms with E-state index in [0.717, 1.165) is 5.39 Å². The highest BCUT2D eigenvalue weighted by Crippen LogP contribution is 2.26. The van der Waals surface area contributed by atoms with Gasteiger partial charge in [0.15, 0.2) is 11.9 Å². The van der Waals surface area contributed by atoms with Crippen molar-refractivity contribution in [1.29, 1.82) is 0 Å². The number of furan rings is 1. The Balaban J connectivity index is 1.38. The molecule has 0 spiro atoms. The number of fused-ring (bicyclic) bond motifs is 1. The number of aliphatic hydroxyl groups excluding tert-OH is 1. The number of hydrogen-bond acceptors (Lipinski definition) is 8. The molecule has 0 radical (unpaired) electrons. The molecule has 0 saturated heterocycles. The van der Waals surface area contributed by atoms with Gasteiger partial charge in [-0.15, -0.1) is 5.48 Å². The largest absolute Gasteiger partial charge is 0.470 e. The van der Waals surface area contributed by atoms with Gasteiger partial charge in [0.05, 0.1) is 12.6 Å². The molecule has 36 heavy (non-hydrogen) atoms. The summed E-state index contributed by atoms with van der Waals surface area (Å²) in [7, 11) is 0. The van der Waals surface area contributed by atoms with E-state index in [0.29, 0.717) is 5.58 Å². The Hall–Kier alpha value is -3.97. The molecule has 2 atom stereocenters. The SMILES string of the molecule is CCN(C(=O)c1cc2ccccc2o1)[C@H](CO)CNC(=O)c1ccc(C2N=C(C(F)(F)F)ON2)cn1. The van der Waals surface area contributed by atoms with Gasteiger partial charge in [0.2, 0.25) is 0 Å². The minimum absolute atomic E-state index is 0.0129. The predicted molar refractivity (Wildman–Crippen MR) is 121 cm³/mol. The number of alkyl halides is 3. The number of aliphatic imine (C=N–C) groups is 1. The zero-order chi connectivity index (χ0) is 25.9. The third-order valence-electron chi connectivity index (χ3n) is 5.48. The average molecular weight is 505 g/mol. The normalized spacial score (nSPS) is 16.4. The van der Waals surface area contributed by atoms with Gasteiger partial charge in [-0.1, -0.05) is 24.3 Å². The Labute approximate surface area is 202 Å². The van der Waals surface area contributed by atoms with Crippen molar-refractivity contribution < 1.29 is 37.1 Å². The molecule has 13 heteroatoms. The fourth-order valence-electron chi connectivity index (χ4n) is 3.63. The third kappa shape index (κ3) is 5.31. The Morgan fingerprint density at radius 3 is 2.64 bits per heavy atom. The van der Waals surface area contributed by atoms with E-state index in [2.05, 4.69) is 25.6 Å². The summed E-state index contributed by atoms with van der Waals surface area (Å²) in [5, 5.41) is 13.3. The molecular formula is C23H22F3N5O5. The molecular weight excluding hydrogens is 483 g/mol. The van der Waals surface area contributed by atoms with Crippen molar-refractivity contribution in [3.8, 4) is 0 Å². The van der Waals surface area contributed by atoms with E-state index in [1.54, 1.807) is 25.1 Å². The first-order chi connectivity index (χ1) is 17.2. The van der Waals surface area contributed by atoms with Crippen LogP contribution in [0.15, 0.2) is 58.1 Å². The van der Waals surface area contributed by atoms with Gasteiger partial charge in [0, 0.05) is 30.2 Å². The van der Waals surface area contributed by atoms with Gasteiger partial charge in [-0.05, 0) is 25.1 Å². The number of benzene rings is 1. The number of hydrogen-bond donors (Lipinski definition) is 3. The number of rotatable bonds is 8. The van der Waals surface area contributed by atoms with Crippen LogP contribution < -0.4 is 10.8 Å². The highest BCUT2D eigenvalue weighted by molar-refractivity contribution is 5.96. The lowest BCUT2D eigenvalue weighted by atomic mass is 10.2. The number of nitrogens with one attached hydrogen (secondary N) is 2. The number of halogens is 3. The standard InChI is InChI=1S/C23H22F3N5O5/c1-2-31(21(34)18-9-13-5-3-4-6-17(13)35-18)15(12-32)11-28-20(33)16-8-7-14(10-27-16)19-29-22(36-30-19)23(24,25)26/h3-10,15,19,30,32H,2,11-12H2,1H3,(H,28,33)/t15-,19?/m0/s1. The van der Waals surface area contributed by atoms with E-state index in [4.69, 9.17) is 4.42 Å². The summed E-state index contributed by atoms with van der Waals surface area (Å²) >= 11 is 0. The molecule has 0 aliphatic carbocycles. The molecule has 1 aliphatic heterocycles. The smallest absolute Gasteiger partial charge is 0.451 e. The minimum atomic E-state index is -4.73. The number of carbonyl (C=O) groups is 2. The molecule has 1 unspecified atom stereocenters. The molecule has 3 aromatic rings. The molecule has 1 aliphatic rings. The van der Waals surface area contributed by atoms with Crippen LogP contribution in [0.2, 0.25) is 0 Å². The van der Waals surface area contributed by atoms with Crippen molar-refractivity contribution in [1.82, 2.24) is 20.7 Å². The van der Waals surface area contributed by atoms with Crippen molar-refractivity contribution in [3.63, 3.8) is 0 Å². The zero-order valence-electron chi connectivity index (χ0n) is 19.0. The number of amides is 2. The van der Waals surface area contributed by atoms with E-state index in [-0.39, 0.29) is 30.1 Å². The topological polar surface area (TPSA) is 129 Å². The molecule has 10 nitrogen and oxygen atoms in total. The van der Waals surface area contributed by atoms with Crippen molar-refractivity contribution in [2.45, 2.75) is 25.3 Å². The van der Waals surface area contributed by atoms with Crippen molar-refractivity contribution in [2.75, 3.05) is 19.7 Å². The Kier molecular flexibility index (Phi) is 7.22. The minimum Gasteiger partial charge on any atom is -0.451 e. The van der Waals surface area contributed by atoms with Crippen LogP contribution in [-0.2, 0) is 4.84 Å². The van der Waals surface area contributed by atoms with Gasteiger partial charge in [-0.3, -0.25) is 14.6 Å². The molecule has 0 fully saturated rings. The molecule has 0 saturated carbocycles. The molecule has 0 bridgehead atoms. The van der Waals surface area contributed by atoms with Crippen LogP contribution >= 0.6 is 0 Å². The number of aromatic nitrogens is 1. The predicted octanol–water partition coefficient (Wildman–Crippen LogP) is 2.58. The summed E-state index contributed by atoms with van der Waals surface area (Å²) in [6.07, 6.45) is -4.64. The summed E-state index contributed by atoms with van der Waals surface area (Å²) < 4.78 is 43.6. The molecule has 190 valence electrons. The van der Waals surface area contributed by atoms with Crippen LogP contribution in [0.3, 0.4) is 0 Å². The number of pyridine rings is 1. The first kappa shape index (κ1) is 25.1. The van der Waals surface area contributed by atoms with E-state index in [1.165, 1.54) is 23.2 Å². The zero-order valence-corrected chi connectivity index (χ0v) is 19.0. The molecule has 2 amide bonds. The van der Waals surface area contributed by atoms with Crippen molar-refractivity contribution in [2.24, 2.45) is 4.99 Å². The van der Waals surface area contributed by atoms with Gasteiger partial charge >= 0.3 is 12.1 Å². The molecule has 2 aromatic heterocycles. The van der Waals surface area contributed by atoms with Crippen molar-refractivity contribution >= 4 is 28.7 Å². The maximum atomic E-state index is 13.0. The van der Waals surface area contributed by atoms with Crippen LogP contribution in [0.5, 0.6) is 0 Å². The van der Waals surface area contributed by atoms with Crippen LogP contribution in [0.1, 0.15) is 39.7 Å². The van der Waals surface area contributed by atoms with E-state index in [1.807, 2.05) is 12.1 Å². The summed E-state index contributed by atoms with van der Waals surface area (Å²) in [4.78, 5) is 38.7. The second-order valence-electron chi connectivity index (χ2n) is 7.82. The lowest BCUT2D eigenvalue weighted by molar-refractivity contribution is -0.0807. The van der Waals surface area contributed by atoms with Gasteiger partial charge in [0.1, 0.15) is 11.3 Å². The van der Waals surface area contributed by atoms with Crippen LogP contribution in [-0.4, -0.2) is 64.6 Å². The Morgan fingerprint density at radius 2 is 2.03 bits per heavy atom. The van der Waals surface area contributed by atoms with Crippen LogP contribution in [0, 0.1) is 0 Å². The van der Waals surface area contributed by atoms with E-state index >= 15 is 0 Å². The molecule has 3 N–H and O–H groups in total. The quantitative estimate of drug-likeness (QED) is 0.429. The first-order valence-electron chi connectivity index (χ1n) is 10.9. The molecule has 4 rings (SSSR count). The number of carbonyl (C=O) groups excluding carboxylic acids is 2. The van der Waals surface area contributed by atoms with Gasteiger partial charge in [0.25, 0.3) is 11.8 Å². The Bertz CT molecular complexity index is 1240. The second kappa shape index (κ2) is 10.3. The van der Waals surface area contributed by atoms with Crippen LogP contribution in [0.4, 0.5) is 13.2 Å². The lowest BCUT2D eigenvalue weighted by Gasteiger charge is -2.29. The Morgan fingerprint density at radius 1 is 1.25 bits per heavy atom. The molecule has 3 heterocycles. The number of para-hydroxylation sites is 1. The first-order valence-corrected chi connectivity index (χ1v) is 10.9. The highest BCUT2D eigenvalue weighted by atomic mass is 19.4. The number of likely N-dealkylation sites (N-methyl/N-ethyl adjacent to an activating group) is 1. The molecule has 1 aromatic carbocycles. The maximum Gasteiger partial charge on any atom is 0.470 e. The fourth-order valence-corrected chi connectivity index (χ4v) is 3.63. The average Bonchev–Trinajstić information content (AvgIpc) is 3.54. The van der Waals surface area contributed by atoms with Gasteiger partial charge in [-0.25, -0.2) is 4.99 Å². The summed E-state index contributed by atoms with van der Waals surface area (Å²) in [5.74, 6) is -2.32. The van der Waals surface area contributed by atoms with Gasteiger partial charge in [-0.2, -0.15) is 13.2 Å². The maximum absolute atomic E-state index is 13.0. The third-order valence-corrected chi connectivity index (χ3v) is 5.48. The lowest BCUT2D eigenvalue weighted by Crippen LogP contribution is -2.48. The van der Waals surface area contributed by atoms with E-state index in [9.17, 15) is 27.9 Å². The monoisotopic (exact) mass is 505 g/mol. The summed E-state index contributed by atoms with van der Waals surface area (Å²) in [5.41, 5.74) is 2.94. The summed E-state index contributed by atoms with van der Waals surface area (Å²) in [6, 6.07) is 10.7. The second-order valence-corrected chi connectivity index (χ2v) is 7.82. The van der Waals surface area contributed by atoms with Crippen molar-refractivity contribution in [3.05, 3.63) is 65.7 Å². The summed E-state index contributed by atoms with van der Waals surface area (Å²) in [6.45, 7) is 1.49.